The average molecular weight is 174 g/mol. The van der Waals surface area contributed by atoms with Crippen molar-refractivity contribution in [2.45, 2.75) is 19.1 Å². The van der Waals surface area contributed by atoms with Crippen molar-refractivity contribution in [1.29, 1.82) is 0 Å². The minimum absolute atomic E-state index is 0.272. The lowest BCUT2D eigenvalue weighted by atomic mass is 10.3. The van der Waals surface area contributed by atoms with Gasteiger partial charge in [0.2, 0.25) is 0 Å². The molecule has 2 atom stereocenters. The van der Waals surface area contributed by atoms with Crippen LogP contribution in [0, 0.1) is 0 Å². The summed E-state index contributed by atoms with van der Waals surface area (Å²) in [5.41, 5.74) is 0. The van der Waals surface area contributed by atoms with Crippen LogP contribution in [0.2, 0.25) is 0 Å². The second-order valence-corrected chi connectivity index (χ2v) is 4.57. The molecule has 0 saturated carbocycles. The predicted octanol–water partition coefficient (Wildman–Crippen LogP) is 0.496. The van der Waals surface area contributed by atoms with E-state index in [9.17, 15) is 0 Å². The summed E-state index contributed by atoms with van der Waals surface area (Å²) < 4.78 is 12.1. The summed E-state index contributed by atoms with van der Waals surface area (Å²) in [7, 11) is 6.50. The first-order valence-electron chi connectivity index (χ1n) is 4.51. The molecule has 12 heavy (non-hydrogen) atoms. The van der Waals surface area contributed by atoms with Crippen LogP contribution in [0.1, 0.15) is 6.92 Å². The van der Waals surface area contributed by atoms with Crippen molar-refractivity contribution < 1.29 is 14.0 Å². The largest absolute Gasteiger partial charge is 0.373 e. The van der Waals surface area contributed by atoms with E-state index in [-0.39, 0.29) is 12.2 Å². The first kappa shape index (κ1) is 9.96. The number of rotatable bonds is 2. The molecule has 1 rings (SSSR count). The van der Waals surface area contributed by atoms with Crippen molar-refractivity contribution in [3.05, 3.63) is 0 Å². The van der Waals surface area contributed by atoms with Crippen LogP contribution in [0.3, 0.4) is 0 Å². The highest BCUT2D eigenvalue weighted by molar-refractivity contribution is 4.63. The molecule has 0 unspecified atom stereocenters. The second kappa shape index (κ2) is 3.73. The van der Waals surface area contributed by atoms with Gasteiger partial charge in [0.05, 0.1) is 40.5 Å². The molecule has 1 fully saturated rings. The summed E-state index contributed by atoms with van der Waals surface area (Å²) in [6, 6.07) is 0. The number of likely N-dealkylation sites (N-methyl/N-ethyl adjacent to an activating group) is 1. The molecule has 0 aromatic rings. The van der Waals surface area contributed by atoms with E-state index >= 15 is 0 Å². The maximum Gasteiger partial charge on any atom is 0.130 e. The zero-order chi connectivity index (χ0) is 9.19. The lowest BCUT2D eigenvalue weighted by Gasteiger charge is -2.33. The summed E-state index contributed by atoms with van der Waals surface area (Å²) in [6.07, 6.45) is 0.551. The molecule has 0 radical (unpaired) electrons. The molecular weight excluding hydrogens is 154 g/mol. The van der Waals surface area contributed by atoms with E-state index in [1.807, 2.05) is 6.92 Å². The summed E-state index contributed by atoms with van der Waals surface area (Å²) in [5, 5.41) is 0. The van der Waals surface area contributed by atoms with E-state index in [1.54, 1.807) is 0 Å². The fourth-order valence-electron chi connectivity index (χ4n) is 1.36. The van der Waals surface area contributed by atoms with Gasteiger partial charge < -0.3 is 14.0 Å². The number of nitrogens with zero attached hydrogens (tertiary/aromatic N) is 1. The van der Waals surface area contributed by atoms with Gasteiger partial charge in [0.25, 0.3) is 0 Å². The Bertz CT molecular complexity index is 134. The molecule has 1 saturated heterocycles. The topological polar surface area (TPSA) is 18.5 Å². The van der Waals surface area contributed by atoms with Gasteiger partial charge in [0.15, 0.2) is 0 Å². The standard InChI is InChI=1S/C9H20NO2/c1-8-6-12-9(7-11-8)5-10(2,3)4/h8-9H,5-7H2,1-4H3/q+1/t8-,9+/m0/s1. The van der Waals surface area contributed by atoms with E-state index < -0.39 is 0 Å². The Balaban J connectivity index is 2.26. The highest BCUT2D eigenvalue weighted by atomic mass is 16.6. The van der Waals surface area contributed by atoms with E-state index in [0.717, 1.165) is 24.2 Å². The number of ether oxygens (including phenoxy) is 2. The molecule has 0 aromatic heterocycles. The molecular formula is C9H20NO2+. The van der Waals surface area contributed by atoms with Crippen LogP contribution in [0.25, 0.3) is 0 Å². The molecule has 72 valence electrons. The molecule has 1 heterocycles. The highest BCUT2D eigenvalue weighted by Gasteiger charge is 2.24. The Morgan fingerprint density at radius 3 is 2.25 bits per heavy atom. The van der Waals surface area contributed by atoms with Gasteiger partial charge in [-0.05, 0) is 6.92 Å². The third-order valence-corrected chi connectivity index (χ3v) is 1.88. The van der Waals surface area contributed by atoms with Gasteiger partial charge in [0.1, 0.15) is 12.6 Å². The SMILES string of the molecule is C[C@H]1CO[C@H](C[N+](C)(C)C)CO1. The van der Waals surface area contributed by atoms with Crippen LogP contribution in [-0.4, -0.2) is 57.6 Å². The van der Waals surface area contributed by atoms with Crippen LogP contribution < -0.4 is 0 Å². The quantitative estimate of drug-likeness (QED) is 0.567. The summed E-state index contributed by atoms with van der Waals surface area (Å²) >= 11 is 0. The Morgan fingerprint density at radius 1 is 1.17 bits per heavy atom. The minimum Gasteiger partial charge on any atom is -0.373 e. The molecule has 0 amide bonds. The van der Waals surface area contributed by atoms with Gasteiger partial charge in [-0.2, -0.15) is 0 Å². The lowest BCUT2D eigenvalue weighted by molar-refractivity contribution is -0.874. The Labute approximate surface area is 74.8 Å². The molecule has 1 aliphatic heterocycles. The molecule has 3 nitrogen and oxygen atoms in total. The van der Waals surface area contributed by atoms with E-state index in [1.165, 1.54) is 0 Å². The van der Waals surface area contributed by atoms with Gasteiger partial charge in [-0.25, -0.2) is 0 Å². The van der Waals surface area contributed by atoms with Gasteiger partial charge in [-0.3, -0.25) is 0 Å². The van der Waals surface area contributed by atoms with Crippen LogP contribution in [-0.2, 0) is 9.47 Å². The van der Waals surface area contributed by atoms with Crippen LogP contribution >= 0.6 is 0 Å². The second-order valence-electron chi connectivity index (χ2n) is 4.57. The van der Waals surface area contributed by atoms with Crippen molar-refractivity contribution in [2.24, 2.45) is 0 Å². The van der Waals surface area contributed by atoms with Crippen LogP contribution in [0.15, 0.2) is 0 Å². The summed E-state index contributed by atoms with van der Waals surface area (Å²) in [5.74, 6) is 0. The fourth-order valence-corrected chi connectivity index (χ4v) is 1.36. The molecule has 0 bridgehead atoms. The van der Waals surface area contributed by atoms with Crippen molar-refractivity contribution in [1.82, 2.24) is 0 Å². The average Bonchev–Trinajstić information content (AvgIpc) is 1.91. The maximum atomic E-state index is 5.63. The fraction of sp³-hybridized carbons (Fsp3) is 1.00. The molecule has 0 aliphatic carbocycles. The number of quaternary nitrogens is 1. The van der Waals surface area contributed by atoms with Crippen molar-refractivity contribution in [2.75, 3.05) is 40.9 Å². The lowest BCUT2D eigenvalue weighted by Crippen LogP contribution is -2.47. The molecule has 3 heteroatoms. The minimum atomic E-state index is 0.272. The maximum absolute atomic E-state index is 5.63. The van der Waals surface area contributed by atoms with Crippen molar-refractivity contribution in [3.8, 4) is 0 Å². The van der Waals surface area contributed by atoms with Crippen LogP contribution in [0.4, 0.5) is 0 Å². The third kappa shape index (κ3) is 3.52. The molecule has 0 N–H and O–H groups in total. The first-order chi connectivity index (χ1) is 5.47. The third-order valence-electron chi connectivity index (χ3n) is 1.88. The van der Waals surface area contributed by atoms with Crippen molar-refractivity contribution in [3.63, 3.8) is 0 Å². The Morgan fingerprint density at radius 2 is 1.83 bits per heavy atom. The monoisotopic (exact) mass is 174 g/mol. The van der Waals surface area contributed by atoms with Gasteiger partial charge in [-0.15, -0.1) is 0 Å². The normalized spacial score (nSPS) is 32.0. The zero-order valence-electron chi connectivity index (χ0n) is 8.54. The van der Waals surface area contributed by atoms with E-state index in [0.29, 0.717) is 0 Å². The van der Waals surface area contributed by atoms with Gasteiger partial charge >= 0.3 is 0 Å². The van der Waals surface area contributed by atoms with Gasteiger partial charge in [0, 0.05) is 0 Å². The van der Waals surface area contributed by atoms with Crippen LogP contribution in [0.5, 0.6) is 0 Å². The smallest absolute Gasteiger partial charge is 0.130 e. The summed E-state index contributed by atoms with van der Waals surface area (Å²) in [6.45, 7) is 4.55. The number of hydrogen-bond acceptors (Lipinski definition) is 2. The predicted molar refractivity (Wildman–Crippen MR) is 48.1 cm³/mol. The van der Waals surface area contributed by atoms with Gasteiger partial charge in [-0.1, -0.05) is 0 Å². The molecule has 0 aromatic carbocycles. The first-order valence-corrected chi connectivity index (χ1v) is 4.51. The molecule has 1 aliphatic rings. The Kier molecular flexibility index (Phi) is 3.09. The molecule has 0 spiro atoms. The number of hydrogen-bond donors (Lipinski definition) is 0. The summed E-state index contributed by atoms with van der Waals surface area (Å²) in [4.78, 5) is 0. The Hall–Kier alpha value is -0.120. The highest BCUT2D eigenvalue weighted by Crippen LogP contribution is 2.09. The van der Waals surface area contributed by atoms with E-state index in [2.05, 4.69) is 21.1 Å². The van der Waals surface area contributed by atoms with E-state index in [4.69, 9.17) is 9.47 Å². The zero-order valence-corrected chi connectivity index (χ0v) is 8.54. The van der Waals surface area contributed by atoms with Crippen molar-refractivity contribution >= 4 is 0 Å².